The molecule has 0 saturated carbocycles. The second-order valence-corrected chi connectivity index (χ2v) is 14.6. The van der Waals surface area contributed by atoms with Crippen molar-refractivity contribution >= 4 is 21.8 Å². The Labute approximate surface area is 313 Å². The van der Waals surface area contributed by atoms with E-state index in [1.807, 2.05) is 12.1 Å². The van der Waals surface area contributed by atoms with Crippen LogP contribution in [0.4, 0.5) is 0 Å². The molecule has 2 nitrogen and oxygen atoms in total. The Kier molecular flexibility index (Phi) is 8.10. The summed E-state index contributed by atoms with van der Waals surface area (Å²) in [6.07, 6.45) is 0. The van der Waals surface area contributed by atoms with E-state index in [0.29, 0.717) is 0 Å². The van der Waals surface area contributed by atoms with Crippen LogP contribution in [0.2, 0.25) is 0 Å². The summed E-state index contributed by atoms with van der Waals surface area (Å²) in [5, 5.41) is 2.36. The molecule has 0 aliphatic heterocycles. The van der Waals surface area contributed by atoms with Crippen LogP contribution < -0.4 is 0 Å². The van der Waals surface area contributed by atoms with Gasteiger partial charge in [0, 0.05) is 32.7 Å². The predicted molar refractivity (Wildman–Crippen MR) is 209 cm³/mol. The summed E-state index contributed by atoms with van der Waals surface area (Å²) in [6, 6.07) is 56.2. The van der Waals surface area contributed by atoms with Crippen molar-refractivity contribution in [3.63, 3.8) is 0 Å². The van der Waals surface area contributed by atoms with Crippen molar-refractivity contribution in [1.29, 1.82) is 0 Å². The van der Waals surface area contributed by atoms with Crippen molar-refractivity contribution in [3.8, 4) is 44.8 Å². The average molecular weight is 835 g/mol. The fourth-order valence-corrected chi connectivity index (χ4v) is 8.18. The number of nitrogens with zero attached hydrogens (tertiary/aromatic N) is 2. The maximum atomic E-state index is 4.87. The van der Waals surface area contributed by atoms with Crippen molar-refractivity contribution in [2.24, 2.45) is 0 Å². The molecule has 0 radical (unpaired) electrons. The maximum absolute atomic E-state index is 4.87. The standard InChI is InChI=1S/2C24H19N.Ir/c2*1-24(2)20-9-5-4-8-18(20)19-13-11-17(15-21(19)24)23-14-12-16-7-3-6-10-22(16)25-23;/h2*3-15H,1-2H3;/q;;+3. The van der Waals surface area contributed by atoms with E-state index in [1.54, 1.807) is 0 Å². The van der Waals surface area contributed by atoms with E-state index in [0.717, 1.165) is 22.4 Å². The fraction of sp³-hybridized carbons (Fsp3) is 0.125. The molecule has 0 amide bonds. The first-order valence-electron chi connectivity index (χ1n) is 17.5. The molecule has 3 heteroatoms. The molecule has 8 aromatic rings. The van der Waals surface area contributed by atoms with E-state index in [-0.39, 0.29) is 30.9 Å². The van der Waals surface area contributed by atoms with Gasteiger partial charge < -0.3 is 0 Å². The van der Waals surface area contributed by atoms with E-state index in [2.05, 4.69) is 173 Å². The Morgan fingerprint density at radius 3 is 1.18 bits per heavy atom. The summed E-state index contributed by atoms with van der Waals surface area (Å²) in [6.45, 7) is 9.26. The molecule has 0 unspecified atom stereocenters. The van der Waals surface area contributed by atoms with Crippen molar-refractivity contribution in [3.05, 3.63) is 180 Å². The first kappa shape index (κ1) is 33.0. The van der Waals surface area contributed by atoms with E-state index in [4.69, 9.17) is 9.97 Å². The topological polar surface area (TPSA) is 25.8 Å². The summed E-state index contributed by atoms with van der Waals surface area (Å²) in [7, 11) is 0. The summed E-state index contributed by atoms with van der Waals surface area (Å²) >= 11 is 0. The van der Waals surface area contributed by atoms with Crippen molar-refractivity contribution in [2.45, 2.75) is 38.5 Å². The van der Waals surface area contributed by atoms with Crippen LogP contribution >= 0.6 is 0 Å². The molecule has 2 heterocycles. The molecule has 0 saturated heterocycles. The van der Waals surface area contributed by atoms with Crippen LogP contribution in [0.25, 0.3) is 66.6 Å². The summed E-state index contributed by atoms with van der Waals surface area (Å²) in [5.41, 5.74) is 17.6. The van der Waals surface area contributed by atoms with Crippen LogP contribution in [-0.4, -0.2) is 9.97 Å². The van der Waals surface area contributed by atoms with Gasteiger partial charge in [-0.05, 0) is 80.9 Å². The van der Waals surface area contributed by atoms with Crippen LogP contribution in [-0.2, 0) is 30.9 Å². The molecule has 0 bridgehead atoms. The monoisotopic (exact) mass is 835 g/mol. The van der Waals surface area contributed by atoms with Crippen LogP contribution in [0.3, 0.4) is 0 Å². The molecule has 0 fully saturated rings. The van der Waals surface area contributed by atoms with Gasteiger partial charge >= 0.3 is 20.1 Å². The largest absolute Gasteiger partial charge is 3.00 e. The number of rotatable bonds is 2. The molecule has 2 aromatic heterocycles. The van der Waals surface area contributed by atoms with Crippen molar-refractivity contribution in [2.75, 3.05) is 0 Å². The van der Waals surface area contributed by atoms with Gasteiger partial charge in [-0.25, -0.2) is 9.97 Å². The van der Waals surface area contributed by atoms with E-state index in [9.17, 15) is 0 Å². The number of aromatic nitrogens is 2. The molecule has 0 atom stereocenters. The van der Waals surface area contributed by atoms with Crippen LogP contribution in [0, 0.1) is 0 Å². The molecule has 246 valence electrons. The molecule has 0 N–H and O–H groups in total. The van der Waals surface area contributed by atoms with Gasteiger partial charge in [0.1, 0.15) is 0 Å². The first-order valence-corrected chi connectivity index (χ1v) is 17.5. The Morgan fingerprint density at radius 2 is 0.725 bits per heavy atom. The van der Waals surface area contributed by atoms with Gasteiger partial charge in [-0.1, -0.05) is 149 Å². The zero-order valence-electron chi connectivity index (χ0n) is 29.2. The number of para-hydroxylation sites is 2. The predicted octanol–water partition coefficient (Wildman–Crippen LogP) is 12.4. The number of benzene rings is 6. The quantitative estimate of drug-likeness (QED) is 0.173. The molecule has 0 spiro atoms. The summed E-state index contributed by atoms with van der Waals surface area (Å²) < 4.78 is 0. The molecule has 6 aromatic carbocycles. The molecular weight excluding hydrogens is 797 g/mol. The number of hydrogen-bond acceptors (Lipinski definition) is 2. The van der Waals surface area contributed by atoms with Gasteiger partial charge in [0.05, 0.1) is 22.4 Å². The Bertz CT molecular complexity index is 2430. The second-order valence-electron chi connectivity index (χ2n) is 14.6. The Balaban J connectivity index is 0.000000144. The number of hydrogen-bond donors (Lipinski definition) is 0. The minimum Gasteiger partial charge on any atom is -0.248 e. The third kappa shape index (κ3) is 5.44. The van der Waals surface area contributed by atoms with Crippen LogP contribution in [0.1, 0.15) is 49.9 Å². The minimum atomic E-state index is 0. The zero-order valence-corrected chi connectivity index (χ0v) is 31.6. The molecule has 2 aliphatic rings. The van der Waals surface area contributed by atoms with E-state index in [1.165, 1.54) is 66.4 Å². The summed E-state index contributed by atoms with van der Waals surface area (Å²) in [5.74, 6) is 0. The molecule has 10 rings (SSSR count). The van der Waals surface area contributed by atoms with Crippen LogP contribution in [0.5, 0.6) is 0 Å². The first-order chi connectivity index (χ1) is 24.3. The third-order valence-corrected chi connectivity index (χ3v) is 11.0. The fourth-order valence-electron chi connectivity index (χ4n) is 8.18. The summed E-state index contributed by atoms with van der Waals surface area (Å²) in [4.78, 5) is 9.74. The Hall–Kier alpha value is -5.21. The second kappa shape index (κ2) is 12.5. The van der Waals surface area contributed by atoms with Gasteiger partial charge in [0.25, 0.3) is 0 Å². The third-order valence-electron chi connectivity index (χ3n) is 11.0. The smallest absolute Gasteiger partial charge is 0.248 e. The van der Waals surface area contributed by atoms with Gasteiger partial charge in [-0.2, -0.15) is 0 Å². The van der Waals surface area contributed by atoms with Crippen molar-refractivity contribution in [1.82, 2.24) is 9.97 Å². The molecule has 51 heavy (non-hydrogen) atoms. The zero-order chi connectivity index (χ0) is 34.0. The molecule has 2 aliphatic carbocycles. The number of pyridine rings is 2. The van der Waals surface area contributed by atoms with Crippen LogP contribution in [0.15, 0.2) is 158 Å². The van der Waals surface area contributed by atoms with E-state index >= 15 is 0 Å². The van der Waals surface area contributed by atoms with Gasteiger partial charge in [0.2, 0.25) is 0 Å². The Morgan fingerprint density at radius 1 is 0.353 bits per heavy atom. The number of fused-ring (bicyclic) bond motifs is 8. The van der Waals surface area contributed by atoms with Crippen molar-refractivity contribution < 1.29 is 20.1 Å². The minimum absolute atomic E-state index is 0. The van der Waals surface area contributed by atoms with Gasteiger partial charge in [-0.15, -0.1) is 0 Å². The van der Waals surface area contributed by atoms with Gasteiger partial charge in [-0.3, -0.25) is 0 Å². The van der Waals surface area contributed by atoms with E-state index < -0.39 is 0 Å². The SMILES string of the molecule is CC1(C)c2ccccc2-c2ccc(-c3ccc4ccccc4n3)cc21.CC1(C)c2ccccc2-c2ccc(-c3ccc4ccccc4n3)cc21.[Ir+3]. The maximum Gasteiger partial charge on any atom is 3.00 e. The van der Waals surface area contributed by atoms with Gasteiger partial charge in [0.15, 0.2) is 0 Å². The molecular formula is C48H38IrN2+3. The average Bonchev–Trinajstić information content (AvgIpc) is 3.53. The normalized spacial score (nSPS) is 14.0.